The average molecular weight is 329 g/mol. The maximum Gasteiger partial charge on any atom is 0.437 e. The zero-order valence-corrected chi connectivity index (χ0v) is 13.8. The summed E-state index contributed by atoms with van der Waals surface area (Å²) in [7, 11) is 0. The second kappa shape index (κ2) is 6.86. The van der Waals surface area contributed by atoms with Gasteiger partial charge in [0.05, 0.1) is 5.71 Å². The Morgan fingerprint density at radius 1 is 1.33 bits per heavy atom. The van der Waals surface area contributed by atoms with Gasteiger partial charge in [-0.15, -0.1) is 0 Å². The Bertz CT molecular complexity index is 778. The molecule has 0 unspecified atom stereocenters. The Hall–Kier alpha value is -2.63. The van der Waals surface area contributed by atoms with Gasteiger partial charge in [-0.3, -0.25) is 10.2 Å². The molecule has 0 saturated carbocycles. The van der Waals surface area contributed by atoms with E-state index in [1.807, 2.05) is 0 Å². The van der Waals surface area contributed by atoms with E-state index in [4.69, 9.17) is 4.84 Å². The quantitative estimate of drug-likeness (QED) is 0.651. The second-order valence-electron chi connectivity index (χ2n) is 5.84. The number of fused-ring (bicyclic) bond motifs is 1. The molecule has 126 valence electrons. The molecule has 1 aromatic heterocycles. The highest BCUT2D eigenvalue weighted by atomic mass is 19.1. The second-order valence-corrected chi connectivity index (χ2v) is 5.84. The maximum atomic E-state index is 12.9. The van der Waals surface area contributed by atoms with Crippen LogP contribution in [0, 0.1) is 12.7 Å². The molecule has 5 nitrogen and oxygen atoms in total. The van der Waals surface area contributed by atoms with Crippen molar-refractivity contribution in [3.8, 4) is 0 Å². The molecule has 2 N–H and O–H groups in total. The Morgan fingerprint density at radius 3 is 2.79 bits per heavy atom. The van der Waals surface area contributed by atoms with Crippen molar-refractivity contribution >= 4 is 17.5 Å². The largest absolute Gasteiger partial charge is 0.437 e. The van der Waals surface area contributed by atoms with Crippen molar-refractivity contribution in [2.45, 2.75) is 39.5 Å². The van der Waals surface area contributed by atoms with Gasteiger partial charge in [-0.05, 0) is 62.4 Å². The Morgan fingerprint density at radius 2 is 2.08 bits per heavy atom. The molecule has 2 aromatic rings. The zero-order chi connectivity index (χ0) is 17.1. The van der Waals surface area contributed by atoms with Crippen molar-refractivity contribution < 1.29 is 14.0 Å². The number of benzene rings is 1. The summed E-state index contributed by atoms with van der Waals surface area (Å²) >= 11 is 0. The fourth-order valence-corrected chi connectivity index (χ4v) is 3.13. The van der Waals surface area contributed by atoms with E-state index in [0.717, 1.165) is 48.3 Å². The minimum atomic E-state index is -0.688. The first-order valence-corrected chi connectivity index (χ1v) is 8.09. The Kier molecular flexibility index (Phi) is 4.64. The highest BCUT2D eigenvalue weighted by Crippen LogP contribution is 2.27. The summed E-state index contributed by atoms with van der Waals surface area (Å²) in [6.07, 6.45) is 2.94. The molecule has 6 heteroatoms. The fraction of sp³-hybridized carbons (Fsp3) is 0.333. The molecule has 3 rings (SSSR count). The molecule has 0 saturated heterocycles. The van der Waals surface area contributed by atoms with Gasteiger partial charge in [0.2, 0.25) is 0 Å². The summed E-state index contributed by atoms with van der Waals surface area (Å²) in [6, 6.07) is 5.47. The number of aryl methyl sites for hydroxylation is 2. The first kappa shape index (κ1) is 16.2. The van der Waals surface area contributed by atoms with Gasteiger partial charge in [-0.1, -0.05) is 12.1 Å². The van der Waals surface area contributed by atoms with Gasteiger partial charge < -0.3 is 4.98 Å². The predicted octanol–water partition coefficient (Wildman–Crippen LogP) is 4.31. The molecule has 1 aromatic carbocycles. The monoisotopic (exact) mass is 329 g/mol. The van der Waals surface area contributed by atoms with Gasteiger partial charge in [-0.2, -0.15) is 0 Å². The van der Waals surface area contributed by atoms with Gasteiger partial charge in [0.25, 0.3) is 0 Å². The van der Waals surface area contributed by atoms with E-state index in [2.05, 4.69) is 29.3 Å². The first-order chi connectivity index (χ1) is 11.6. The van der Waals surface area contributed by atoms with E-state index in [-0.39, 0.29) is 5.82 Å². The maximum absolute atomic E-state index is 12.9. The zero-order valence-electron chi connectivity index (χ0n) is 13.8. The number of carbonyl (C=O) groups excluding carboxylic acids is 1. The number of aromatic amines is 1. The molecule has 0 bridgehead atoms. The van der Waals surface area contributed by atoms with E-state index < -0.39 is 6.09 Å². The molecule has 24 heavy (non-hydrogen) atoms. The lowest BCUT2D eigenvalue weighted by Gasteiger charge is -2.15. The van der Waals surface area contributed by atoms with Crippen molar-refractivity contribution in [2.75, 3.05) is 5.32 Å². The van der Waals surface area contributed by atoms with Crippen molar-refractivity contribution in [3.05, 3.63) is 52.6 Å². The van der Waals surface area contributed by atoms with Crippen LogP contribution in [0.25, 0.3) is 0 Å². The predicted molar refractivity (Wildman–Crippen MR) is 90.9 cm³/mol. The highest BCUT2D eigenvalue weighted by molar-refractivity contribution is 6.04. The van der Waals surface area contributed by atoms with Gasteiger partial charge in [0.15, 0.2) is 0 Å². The topological polar surface area (TPSA) is 66.5 Å². The number of nitrogens with one attached hydrogen (secondary N) is 2. The summed E-state index contributed by atoms with van der Waals surface area (Å²) in [5.74, 6) is -0.362. The molecular weight excluding hydrogens is 309 g/mol. The number of anilines is 1. The average Bonchev–Trinajstić information content (AvgIpc) is 2.90. The van der Waals surface area contributed by atoms with Gasteiger partial charge >= 0.3 is 6.09 Å². The van der Waals surface area contributed by atoms with Crippen LogP contribution >= 0.6 is 0 Å². The van der Waals surface area contributed by atoms with Crippen molar-refractivity contribution in [1.82, 2.24) is 4.98 Å². The number of carbonyl (C=O) groups is 1. The van der Waals surface area contributed by atoms with Gasteiger partial charge in [-0.25, -0.2) is 9.18 Å². The summed E-state index contributed by atoms with van der Waals surface area (Å²) in [5.41, 5.74) is 5.89. The van der Waals surface area contributed by atoms with Crippen LogP contribution in [0.5, 0.6) is 0 Å². The van der Waals surface area contributed by atoms with Crippen LogP contribution in [0.2, 0.25) is 0 Å². The number of amides is 1. The highest BCUT2D eigenvalue weighted by Gasteiger charge is 2.23. The molecule has 1 amide bonds. The molecule has 0 aliphatic heterocycles. The van der Waals surface area contributed by atoms with Crippen LogP contribution in [0.1, 0.15) is 42.3 Å². The number of rotatable bonds is 3. The van der Waals surface area contributed by atoms with E-state index in [1.165, 1.54) is 29.8 Å². The van der Waals surface area contributed by atoms with E-state index in [9.17, 15) is 9.18 Å². The van der Waals surface area contributed by atoms with Crippen LogP contribution in [0.15, 0.2) is 29.4 Å². The third-order valence-corrected chi connectivity index (χ3v) is 4.21. The van der Waals surface area contributed by atoms with Crippen LogP contribution in [0.4, 0.5) is 14.9 Å². The standard InChI is InChI=1S/C18H20FN3O2/c1-3-14-11(2)20-15-5-4-6-16(17(14)15)22-24-18(23)21-13-9-7-12(19)8-10-13/h7-10,20H,3-6H2,1-2H3,(H,21,23)/b22-16+. The lowest BCUT2D eigenvalue weighted by Crippen LogP contribution is -2.16. The number of halogens is 1. The van der Waals surface area contributed by atoms with Crippen LogP contribution in [-0.4, -0.2) is 16.8 Å². The summed E-state index contributed by atoms with van der Waals surface area (Å²) in [4.78, 5) is 20.3. The van der Waals surface area contributed by atoms with Crippen molar-refractivity contribution in [3.63, 3.8) is 0 Å². The summed E-state index contributed by atoms with van der Waals surface area (Å²) < 4.78 is 12.9. The summed E-state index contributed by atoms with van der Waals surface area (Å²) in [5, 5.41) is 6.59. The molecule has 1 heterocycles. The normalized spacial score (nSPS) is 15.2. The SMILES string of the molecule is CCc1c(C)[nH]c2c1/C(=N/OC(=O)Nc1ccc(F)cc1)CCC2. The molecule has 0 spiro atoms. The molecular formula is C18H20FN3O2. The number of nitrogens with zero attached hydrogens (tertiary/aromatic N) is 1. The Balaban J connectivity index is 1.74. The van der Waals surface area contributed by atoms with E-state index >= 15 is 0 Å². The number of aromatic nitrogens is 1. The Labute approximate surface area is 139 Å². The van der Waals surface area contributed by atoms with Gasteiger partial charge in [0.1, 0.15) is 5.82 Å². The fourth-order valence-electron chi connectivity index (χ4n) is 3.13. The minimum absolute atomic E-state index is 0.362. The van der Waals surface area contributed by atoms with Crippen LogP contribution in [-0.2, 0) is 17.7 Å². The number of H-pyrrole nitrogens is 1. The number of oxime groups is 1. The lowest BCUT2D eigenvalue weighted by molar-refractivity contribution is 0.166. The van der Waals surface area contributed by atoms with E-state index in [0.29, 0.717) is 5.69 Å². The van der Waals surface area contributed by atoms with Crippen LogP contribution < -0.4 is 5.32 Å². The van der Waals surface area contributed by atoms with Gasteiger partial charge in [0, 0.05) is 22.6 Å². The van der Waals surface area contributed by atoms with E-state index in [1.54, 1.807) is 0 Å². The third kappa shape index (κ3) is 3.32. The molecule has 0 radical (unpaired) electrons. The lowest BCUT2D eigenvalue weighted by atomic mass is 9.92. The molecule has 1 aliphatic rings. The van der Waals surface area contributed by atoms with Crippen LogP contribution in [0.3, 0.4) is 0 Å². The molecule has 0 fully saturated rings. The number of hydrogen-bond donors (Lipinski definition) is 2. The summed E-state index contributed by atoms with van der Waals surface area (Å²) in [6.45, 7) is 4.15. The smallest absolute Gasteiger partial charge is 0.362 e. The van der Waals surface area contributed by atoms with Crippen molar-refractivity contribution in [1.29, 1.82) is 0 Å². The first-order valence-electron chi connectivity index (χ1n) is 8.09. The van der Waals surface area contributed by atoms with Crippen molar-refractivity contribution in [2.24, 2.45) is 5.16 Å². The minimum Gasteiger partial charge on any atom is -0.362 e. The molecule has 0 atom stereocenters. The molecule has 1 aliphatic carbocycles. The third-order valence-electron chi connectivity index (χ3n) is 4.21. The number of hydrogen-bond acceptors (Lipinski definition) is 3.